The Balaban J connectivity index is 2.89. The van der Waals surface area contributed by atoms with Crippen LogP contribution >= 0.6 is 0 Å². The highest BCUT2D eigenvalue weighted by Crippen LogP contribution is 2.18. The predicted molar refractivity (Wildman–Crippen MR) is 80.6 cm³/mol. The van der Waals surface area contributed by atoms with Crippen molar-refractivity contribution < 1.29 is 9.59 Å². The average Bonchev–Trinajstić information content (AvgIpc) is 2.42. The van der Waals surface area contributed by atoms with E-state index in [2.05, 4.69) is 15.6 Å². The molecule has 0 spiro atoms. The van der Waals surface area contributed by atoms with Gasteiger partial charge in [0.1, 0.15) is 0 Å². The number of amides is 2. The van der Waals surface area contributed by atoms with Crippen molar-refractivity contribution >= 4 is 23.2 Å². The highest BCUT2D eigenvalue weighted by Gasteiger charge is 2.09. The number of rotatable bonds is 5. The Bertz CT molecular complexity index is 536. The lowest BCUT2D eigenvalue weighted by molar-refractivity contribution is -0.116. The zero-order chi connectivity index (χ0) is 15.1. The van der Waals surface area contributed by atoms with Crippen LogP contribution < -0.4 is 10.6 Å². The molecule has 0 saturated heterocycles. The molecule has 108 valence electrons. The highest BCUT2D eigenvalue weighted by molar-refractivity contribution is 6.04. The van der Waals surface area contributed by atoms with E-state index in [1.807, 2.05) is 13.0 Å². The molecular formula is C15H21N3O2. The van der Waals surface area contributed by atoms with Crippen molar-refractivity contribution in [2.45, 2.75) is 40.5 Å². The van der Waals surface area contributed by atoms with Crippen molar-refractivity contribution in [2.24, 2.45) is 0 Å². The minimum Gasteiger partial charge on any atom is -0.325 e. The second-order valence-electron chi connectivity index (χ2n) is 4.51. The molecular weight excluding hydrogens is 254 g/mol. The molecule has 0 fully saturated rings. The number of hydrogen-bond donors (Lipinski definition) is 2. The zero-order valence-electron chi connectivity index (χ0n) is 12.4. The van der Waals surface area contributed by atoms with Gasteiger partial charge in [0.25, 0.3) is 5.91 Å². The van der Waals surface area contributed by atoms with Crippen LogP contribution in [0.4, 0.5) is 11.4 Å². The standard InChI is InChI=1S/C15H21N3O2/c1-5-7-10(3)15(20)18-13-8-12(9-16-11(13)4)17-14(19)6-2/h7-9H,5-6H2,1-4H3,(H,17,19)(H,18,20)/b10-7-. The summed E-state index contributed by atoms with van der Waals surface area (Å²) in [5.41, 5.74) is 2.55. The van der Waals surface area contributed by atoms with E-state index in [-0.39, 0.29) is 11.8 Å². The summed E-state index contributed by atoms with van der Waals surface area (Å²) in [7, 11) is 0. The maximum Gasteiger partial charge on any atom is 0.251 e. The minimum absolute atomic E-state index is 0.0880. The summed E-state index contributed by atoms with van der Waals surface area (Å²) in [5, 5.41) is 5.52. The van der Waals surface area contributed by atoms with Crippen LogP contribution in [-0.2, 0) is 9.59 Å². The van der Waals surface area contributed by atoms with Crippen LogP contribution in [0.5, 0.6) is 0 Å². The van der Waals surface area contributed by atoms with Gasteiger partial charge in [-0.15, -0.1) is 0 Å². The second-order valence-corrected chi connectivity index (χ2v) is 4.51. The first-order valence-corrected chi connectivity index (χ1v) is 6.72. The third-order valence-corrected chi connectivity index (χ3v) is 2.81. The van der Waals surface area contributed by atoms with Gasteiger partial charge < -0.3 is 10.6 Å². The number of anilines is 2. The Kier molecular flexibility index (Phi) is 5.90. The molecule has 2 amide bonds. The fourth-order valence-corrected chi connectivity index (χ4v) is 1.60. The number of hydrogen-bond acceptors (Lipinski definition) is 3. The van der Waals surface area contributed by atoms with Gasteiger partial charge in [-0.2, -0.15) is 0 Å². The lowest BCUT2D eigenvalue weighted by Gasteiger charge is -2.10. The van der Waals surface area contributed by atoms with E-state index in [1.54, 1.807) is 33.0 Å². The van der Waals surface area contributed by atoms with Crippen LogP contribution in [0, 0.1) is 6.92 Å². The van der Waals surface area contributed by atoms with Crippen LogP contribution in [0.3, 0.4) is 0 Å². The number of allylic oxidation sites excluding steroid dienone is 1. The van der Waals surface area contributed by atoms with Crippen LogP contribution in [0.1, 0.15) is 39.3 Å². The monoisotopic (exact) mass is 275 g/mol. The van der Waals surface area contributed by atoms with E-state index in [4.69, 9.17) is 0 Å². The fraction of sp³-hybridized carbons (Fsp3) is 0.400. The summed E-state index contributed by atoms with van der Waals surface area (Å²) in [5.74, 6) is -0.245. The first-order valence-electron chi connectivity index (χ1n) is 6.72. The summed E-state index contributed by atoms with van der Waals surface area (Å²) < 4.78 is 0. The van der Waals surface area contributed by atoms with Crippen LogP contribution in [0.15, 0.2) is 23.9 Å². The number of nitrogens with zero attached hydrogens (tertiary/aromatic N) is 1. The number of carbonyl (C=O) groups is 2. The lowest BCUT2D eigenvalue weighted by atomic mass is 10.2. The van der Waals surface area contributed by atoms with Crippen molar-refractivity contribution in [1.82, 2.24) is 4.98 Å². The molecule has 5 nitrogen and oxygen atoms in total. The van der Waals surface area contributed by atoms with Gasteiger partial charge in [0.05, 0.1) is 23.3 Å². The van der Waals surface area contributed by atoms with Crippen molar-refractivity contribution in [3.05, 3.63) is 29.6 Å². The smallest absolute Gasteiger partial charge is 0.251 e. The zero-order valence-corrected chi connectivity index (χ0v) is 12.4. The van der Waals surface area contributed by atoms with E-state index in [0.717, 1.165) is 6.42 Å². The molecule has 0 aromatic carbocycles. The third-order valence-electron chi connectivity index (χ3n) is 2.81. The number of aromatic nitrogens is 1. The molecule has 0 aliphatic heterocycles. The van der Waals surface area contributed by atoms with Crippen molar-refractivity contribution in [3.63, 3.8) is 0 Å². The van der Waals surface area contributed by atoms with E-state index >= 15 is 0 Å². The molecule has 0 saturated carbocycles. The maximum atomic E-state index is 11.9. The van der Waals surface area contributed by atoms with Crippen molar-refractivity contribution in [3.8, 4) is 0 Å². The molecule has 0 radical (unpaired) electrons. The van der Waals surface area contributed by atoms with Gasteiger partial charge >= 0.3 is 0 Å². The molecule has 1 heterocycles. The molecule has 20 heavy (non-hydrogen) atoms. The Morgan fingerprint density at radius 2 is 2.00 bits per heavy atom. The Labute approximate surface area is 119 Å². The molecule has 0 bridgehead atoms. The SMILES string of the molecule is CC/C=C(/C)C(=O)Nc1cc(NC(=O)CC)cnc1C. The molecule has 0 unspecified atom stereocenters. The number of pyridine rings is 1. The first-order chi connectivity index (χ1) is 9.47. The summed E-state index contributed by atoms with van der Waals surface area (Å²) >= 11 is 0. The largest absolute Gasteiger partial charge is 0.325 e. The first kappa shape index (κ1) is 15.9. The van der Waals surface area contributed by atoms with E-state index in [1.165, 1.54) is 0 Å². The number of carbonyl (C=O) groups excluding carboxylic acids is 2. The number of nitrogens with one attached hydrogen (secondary N) is 2. The summed E-state index contributed by atoms with van der Waals surface area (Å²) in [6.45, 7) is 7.33. The molecule has 0 atom stereocenters. The van der Waals surface area contributed by atoms with Gasteiger partial charge in [-0.3, -0.25) is 14.6 Å². The van der Waals surface area contributed by atoms with Crippen molar-refractivity contribution in [2.75, 3.05) is 10.6 Å². The highest BCUT2D eigenvalue weighted by atomic mass is 16.2. The van der Waals surface area contributed by atoms with Crippen LogP contribution in [-0.4, -0.2) is 16.8 Å². The molecule has 1 aromatic rings. The summed E-state index contributed by atoms with van der Waals surface area (Å²) in [6, 6.07) is 1.72. The van der Waals surface area contributed by atoms with Crippen molar-refractivity contribution in [1.29, 1.82) is 0 Å². The van der Waals surface area contributed by atoms with E-state index in [9.17, 15) is 9.59 Å². The van der Waals surface area contributed by atoms with Crippen LogP contribution in [0.2, 0.25) is 0 Å². The summed E-state index contributed by atoms with van der Waals surface area (Å²) in [6.07, 6.45) is 4.64. The average molecular weight is 275 g/mol. The Morgan fingerprint density at radius 3 is 2.60 bits per heavy atom. The summed E-state index contributed by atoms with van der Waals surface area (Å²) in [4.78, 5) is 27.5. The lowest BCUT2D eigenvalue weighted by Crippen LogP contribution is -2.15. The Hall–Kier alpha value is -2.17. The number of aryl methyl sites for hydroxylation is 1. The third kappa shape index (κ3) is 4.50. The quantitative estimate of drug-likeness (QED) is 0.811. The van der Waals surface area contributed by atoms with Gasteiger partial charge in [-0.1, -0.05) is 19.9 Å². The normalized spacial score (nSPS) is 11.1. The fourth-order valence-electron chi connectivity index (χ4n) is 1.60. The molecule has 1 aromatic heterocycles. The predicted octanol–water partition coefficient (Wildman–Crippen LogP) is 3.03. The molecule has 5 heteroatoms. The van der Waals surface area contributed by atoms with Gasteiger partial charge in [-0.05, 0) is 26.3 Å². The van der Waals surface area contributed by atoms with Gasteiger partial charge in [0.2, 0.25) is 5.91 Å². The van der Waals surface area contributed by atoms with Crippen LogP contribution in [0.25, 0.3) is 0 Å². The van der Waals surface area contributed by atoms with Gasteiger partial charge in [0, 0.05) is 12.0 Å². The molecule has 0 aliphatic rings. The molecule has 2 N–H and O–H groups in total. The maximum absolute atomic E-state index is 11.9. The van der Waals surface area contributed by atoms with Gasteiger partial charge in [0.15, 0.2) is 0 Å². The van der Waals surface area contributed by atoms with Gasteiger partial charge in [-0.25, -0.2) is 0 Å². The van der Waals surface area contributed by atoms with E-state index < -0.39 is 0 Å². The topological polar surface area (TPSA) is 71.1 Å². The second kappa shape index (κ2) is 7.43. The minimum atomic E-state index is -0.157. The molecule has 1 rings (SSSR count). The van der Waals surface area contributed by atoms with E-state index in [0.29, 0.717) is 29.1 Å². The molecule has 0 aliphatic carbocycles. The Morgan fingerprint density at radius 1 is 1.30 bits per heavy atom.